The molecule has 3 atom stereocenters. The second kappa shape index (κ2) is 3.73. The molecule has 6 heteroatoms. The van der Waals surface area contributed by atoms with Gasteiger partial charge in [0.2, 0.25) is 5.36 Å². The van der Waals surface area contributed by atoms with Gasteiger partial charge in [0.15, 0.2) is 18.4 Å². The molecule has 4 aliphatic heterocycles. The lowest BCUT2D eigenvalue weighted by Gasteiger charge is -2.48. The van der Waals surface area contributed by atoms with Crippen molar-refractivity contribution in [3.05, 3.63) is 28.3 Å². The first-order valence-corrected chi connectivity index (χ1v) is 8.50. The summed E-state index contributed by atoms with van der Waals surface area (Å²) in [6, 6.07) is 0. The highest BCUT2D eigenvalue weighted by atomic mass is 16.4. The molecule has 4 heterocycles. The van der Waals surface area contributed by atoms with E-state index in [0.717, 1.165) is 46.8 Å². The molecule has 0 unspecified atom stereocenters. The van der Waals surface area contributed by atoms with Crippen LogP contribution in [-0.2, 0) is 5.41 Å². The Bertz CT molecular complexity index is 1030. The Morgan fingerprint density at radius 3 is 3.12 bits per heavy atom. The molecule has 0 saturated heterocycles. The summed E-state index contributed by atoms with van der Waals surface area (Å²) in [5.41, 5.74) is 1.85. The van der Waals surface area contributed by atoms with Crippen LogP contribution in [-0.4, -0.2) is 46.5 Å². The number of fused-ring (bicyclic) bond motifs is 2. The quantitative estimate of drug-likeness (QED) is 0.287. The predicted octanol–water partition coefficient (Wildman–Crippen LogP) is -0.770. The summed E-state index contributed by atoms with van der Waals surface area (Å²) in [6.45, 7) is 1.36. The Balaban J connectivity index is 1.93. The standard InChI is InChI=1S/C18H17N3O3/c22-10-1-3-17-4-5-19-14-12(17)15-11-9(7-20-13(11)16(14)23)2-6-21(15)18(10,24)8-17/h1,3,7,10,22,24H,2,4-6,8H2,(H,19,20,23)/p+1/t10-,17-,18-/m1/s1. The zero-order valence-electron chi connectivity index (χ0n) is 13.1. The van der Waals surface area contributed by atoms with Crippen LogP contribution in [0, 0.1) is 0 Å². The van der Waals surface area contributed by atoms with Gasteiger partial charge in [-0.1, -0.05) is 6.08 Å². The van der Waals surface area contributed by atoms with Crippen molar-refractivity contribution in [2.45, 2.75) is 36.5 Å². The molecule has 1 spiro atoms. The number of allylic oxidation sites excluding steroid dienone is 1. The maximum absolute atomic E-state index is 11.4. The lowest BCUT2D eigenvalue weighted by Crippen LogP contribution is -2.70. The van der Waals surface area contributed by atoms with Crippen molar-refractivity contribution in [3.8, 4) is 5.75 Å². The molecule has 2 bridgehead atoms. The number of benzene rings is 1. The highest BCUT2D eigenvalue weighted by Crippen LogP contribution is 2.51. The third kappa shape index (κ3) is 1.19. The number of aliphatic imine (C=N–C) groups is 1. The largest absolute Gasteiger partial charge is 0.504 e. The van der Waals surface area contributed by atoms with Gasteiger partial charge < -0.3 is 20.6 Å². The van der Waals surface area contributed by atoms with Crippen LogP contribution in [0.3, 0.4) is 0 Å². The van der Waals surface area contributed by atoms with Gasteiger partial charge in [-0.25, -0.2) is 0 Å². The summed E-state index contributed by atoms with van der Waals surface area (Å²) in [5.74, 6) is 0.209. The van der Waals surface area contributed by atoms with Gasteiger partial charge in [0.05, 0.1) is 22.9 Å². The number of phenols is 1. The third-order valence-electron chi connectivity index (χ3n) is 6.45. The molecule has 6 rings (SSSR count). The summed E-state index contributed by atoms with van der Waals surface area (Å²) in [4.78, 5) is 4.44. The first-order valence-electron chi connectivity index (χ1n) is 8.50. The number of aliphatic hydroxyl groups is 2. The summed E-state index contributed by atoms with van der Waals surface area (Å²) < 4.78 is 1.95. The molecule has 1 aliphatic carbocycles. The molecular weight excluding hydrogens is 306 g/mol. The molecule has 122 valence electrons. The summed E-state index contributed by atoms with van der Waals surface area (Å²) in [5, 5.41) is 38.0. The molecule has 1 aromatic carbocycles. The van der Waals surface area contributed by atoms with Crippen LogP contribution in [0.4, 0.5) is 11.4 Å². The Labute approximate surface area is 137 Å². The van der Waals surface area contributed by atoms with Crippen LogP contribution in [0.25, 0.3) is 5.57 Å². The summed E-state index contributed by atoms with van der Waals surface area (Å²) in [6.07, 6.45) is 6.71. The predicted molar refractivity (Wildman–Crippen MR) is 89.1 cm³/mol. The Kier molecular flexibility index (Phi) is 2.04. The lowest BCUT2D eigenvalue weighted by molar-refractivity contribution is -0.123. The molecule has 0 fully saturated rings. The van der Waals surface area contributed by atoms with Crippen LogP contribution in [0.1, 0.15) is 24.8 Å². The first-order chi connectivity index (χ1) is 11.6. The smallest absolute Gasteiger partial charge is 0.296 e. The van der Waals surface area contributed by atoms with Gasteiger partial charge in [-0.2, -0.15) is 4.58 Å². The fourth-order valence-electron chi connectivity index (χ4n) is 5.39. The minimum absolute atomic E-state index is 0.209. The average molecular weight is 324 g/mol. The molecule has 0 saturated carbocycles. The van der Waals surface area contributed by atoms with Crippen LogP contribution in [0.5, 0.6) is 5.75 Å². The molecule has 5 aliphatic rings. The number of hydrogen-bond donors (Lipinski definition) is 4. The number of nitrogens with zero attached hydrogens (tertiary/aromatic N) is 2. The van der Waals surface area contributed by atoms with E-state index >= 15 is 0 Å². The third-order valence-corrected chi connectivity index (χ3v) is 6.45. The maximum Gasteiger partial charge on any atom is 0.296 e. The van der Waals surface area contributed by atoms with Gasteiger partial charge in [-0.05, 0) is 18.1 Å². The van der Waals surface area contributed by atoms with Crippen molar-refractivity contribution in [3.63, 3.8) is 0 Å². The van der Waals surface area contributed by atoms with E-state index in [1.54, 1.807) is 6.08 Å². The van der Waals surface area contributed by atoms with E-state index in [1.807, 2.05) is 16.9 Å². The molecule has 6 nitrogen and oxygen atoms in total. The summed E-state index contributed by atoms with van der Waals surface area (Å²) in [7, 11) is 0. The van der Waals surface area contributed by atoms with E-state index in [2.05, 4.69) is 10.3 Å². The van der Waals surface area contributed by atoms with Crippen molar-refractivity contribution in [1.29, 1.82) is 0 Å². The average Bonchev–Trinajstić information content (AvgIpc) is 3.01. The van der Waals surface area contributed by atoms with Crippen LogP contribution in [0.15, 0.2) is 17.1 Å². The topological polar surface area (TPSA) is 88.1 Å². The Morgan fingerprint density at radius 1 is 1.38 bits per heavy atom. The Morgan fingerprint density at radius 2 is 2.25 bits per heavy atom. The number of anilines is 1. The molecule has 4 N–H and O–H groups in total. The van der Waals surface area contributed by atoms with Crippen LogP contribution in [0.2, 0.25) is 0 Å². The van der Waals surface area contributed by atoms with Crippen molar-refractivity contribution in [2.75, 3.05) is 18.4 Å². The van der Waals surface area contributed by atoms with Crippen LogP contribution >= 0.6 is 0 Å². The second-order valence-electron chi connectivity index (χ2n) is 7.55. The highest BCUT2D eigenvalue weighted by Gasteiger charge is 2.61. The van der Waals surface area contributed by atoms with Gasteiger partial charge in [0, 0.05) is 24.6 Å². The number of rotatable bonds is 0. The van der Waals surface area contributed by atoms with E-state index in [-0.39, 0.29) is 11.2 Å². The van der Waals surface area contributed by atoms with E-state index in [9.17, 15) is 15.3 Å². The first kappa shape index (κ1) is 13.1. The molecular formula is C18H18N3O3+. The molecule has 24 heavy (non-hydrogen) atoms. The highest BCUT2D eigenvalue weighted by molar-refractivity contribution is 6.08. The Hall–Kier alpha value is -2.18. The zero-order valence-corrected chi connectivity index (χ0v) is 13.1. The number of aromatic hydroxyl groups is 1. The molecule has 0 radical (unpaired) electrons. The number of hydrogen-bond acceptors (Lipinski definition) is 5. The molecule has 0 aromatic heterocycles. The minimum Gasteiger partial charge on any atom is -0.504 e. The van der Waals surface area contributed by atoms with E-state index in [1.165, 1.54) is 0 Å². The van der Waals surface area contributed by atoms with Crippen molar-refractivity contribution >= 4 is 23.2 Å². The second-order valence-corrected chi connectivity index (χ2v) is 7.55. The van der Waals surface area contributed by atoms with E-state index < -0.39 is 11.8 Å². The number of nitrogens with one attached hydrogen (secondary N) is 1. The molecule has 1 aromatic rings. The van der Waals surface area contributed by atoms with Gasteiger partial charge in [0.25, 0.3) is 5.72 Å². The fraction of sp³-hybridized carbons (Fsp3) is 0.444. The van der Waals surface area contributed by atoms with Crippen molar-refractivity contribution in [2.24, 2.45) is 4.99 Å². The van der Waals surface area contributed by atoms with Gasteiger partial charge >= 0.3 is 0 Å². The normalized spacial score (nSPS) is 36.7. The van der Waals surface area contributed by atoms with Crippen molar-refractivity contribution < 1.29 is 15.3 Å². The van der Waals surface area contributed by atoms with Crippen molar-refractivity contribution in [1.82, 2.24) is 4.58 Å². The van der Waals surface area contributed by atoms with E-state index in [4.69, 9.17) is 0 Å². The minimum atomic E-state index is -1.30. The van der Waals surface area contributed by atoms with E-state index in [0.29, 0.717) is 18.7 Å². The monoisotopic (exact) mass is 324 g/mol. The zero-order chi connectivity index (χ0) is 16.3. The lowest BCUT2D eigenvalue weighted by atomic mass is 9.63. The van der Waals surface area contributed by atoms with Crippen LogP contribution < -0.4 is 20.5 Å². The van der Waals surface area contributed by atoms with Gasteiger partial charge in [0.1, 0.15) is 5.69 Å². The van der Waals surface area contributed by atoms with Gasteiger partial charge in [-0.3, -0.25) is 4.99 Å². The van der Waals surface area contributed by atoms with Gasteiger partial charge in [-0.15, -0.1) is 0 Å². The number of phenolic OH excluding ortho intramolecular Hbond substituents is 1. The molecule has 0 amide bonds. The maximum atomic E-state index is 11.4. The number of aliphatic hydroxyl groups excluding tert-OH is 1. The summed E-state index contributed by atoms with van der Waals surface area (Å²) >= 11 is 0. The SMILES string of the molecule is Oc1c2c3c4c5c1N=CC=5CC[N+]=4[C@@]1(O)C[C@@]3(C=C[C@H]1O)CCN2. The fourth-order valence-corrected chi connectivity index (χ4v) is 5.39.